The molecule has 26 heavy (non-hydrogen) atoms. The Morgan fingerprint density at radius 2 is 2.04 bits per heavy atom. The fraction of sp³-hybridized carbons (Fsp3) is 0.286. The second-order valence-electron chi connectivity index (χ2n) is 7.13. The Morgan fingerprint density at radius 3 is 2.88 bits per heavy atom. The number of benzene rings is 2. The van der Waals surface area contributed by atoms with Crippen molar-refractivity contribution in [3.8, 4) is 0 Å². The second-order valence-corrected chi connectivity index (χ2v) is 7.54. The van der Waals surface area contributed by atoms with E-state index in [4.69, 9.17) is 16.1 Å². The molecule has 0 atom stereocenters. The largest absolute Gasteiger partial charge is 0.356 e. The van der Waals surface area contributed by atoms with Crippen molar-refractivity contribution in [3.05, 3.63) is 63.4 Å². The minimum Gasteiger partial charge on any atom is -0.356 e. The summed E-state index contributed by atoms with van der Waals surface area (Å²) in [5.41, 5.74) is 2.87. The van der Waals surface area contributed by atoms with Gasteiger partial charge in [0.05, 0.1) is 5.69 Å². The highest BCUT2D eigenvalue weighted by atomic mass is 35.5. The normalized spacial score (nSPS) is 17.8. The standard InChI is InChI=1S/C21H18ClFN2O/c22-19-3-1-2-16-14(10-18(16)19)12-25-8-6-13(7-9-25)21-17-5-4-15(23)11-20(17)26-24-21/h1-5,10-11,13H,6-9,12H2. The van der Waals surface area contributed by atoms with E-state index in [9.17, 15) is 4.39 Å². The second kappa shape index (κ2) is 6.22. The molecule has 1 saturated heterocycles. The van der Waals surface area contributed by atoms with Crippen molar-refractivity contribution in [2.24, 2.45) is 0 Å². The minimum atomic E-state index is -0.288. The number of likely N-dealkylation sites (tertiary alicyclic amines) is 1. The lowest BCUT2D eigenvalue weighted by atomic mass is 9.91. The maximum atomic E-state index is 13.3. The first kappa shape index (κ1) is 16.0. The van der Waals surface area contributed by atoms with Gasteiger partial charge in [-0.1, -0.05) is 28.9 Å². The van der Waals surface area contributed by atoms with Crippen LogP contribution in [0, 0.1) is 5.82 Å². The molecular formula is C21H18ClFN2O. The number of hydrogen-bond donors (Lipinski definition) is 0. The summed E-state index contributed by atoms with van der Waals surface area (Å²) in [6, 6.07) is 10.8. The maximum absolute atomic E-state index is 13.3. The zero-order valence-electron chi connectivity index (χ0n) is 14.2. The molecular weight excluding hydrogens is 351 g/mol. The predicted octanol–water partition coefficient (Wildman–Crippen LogP) is 3.44. The Morgan fingerprint density at radius 1 is 1.19 bits per heavy atom. The third-order valence-electron chi connectivity index (χ3n) is 5.55. The topological polar surface area (TPSA) is 29.3 Å². The van der Waals surface area contributed by atoms with E-state index in [2.05, 4.69) is 22.2 Å². The van der Waals surface area contributed by atoms with Crippen LogP contribution in [-0.2, 0) is 0 Å². The van der Waals surface area contributed by atoms with Gasteiger partial charge in [-0.2, -0.15) is 0 Å². The van der Waals surface area contributed by atoms with E-state index in [0.29, 0.717) is 11.5 Å². The molecule has 3 nitrogen and oxygen atoms in total. The first-order chi connectivity index (χ1) is 12.7. The highest BCUT2D eigenvalue weighted by molar-refractivity contribution is 6.31. The molecule has 0 bridgehead atoms. The van der Waals surface area contributed by atoms with Gasteiger partial charge in [-0.3, -0.25) is 4.90 Å². The first-order valence-electron chi connectivity index (χ1n) is 8.96. The van der Waals surface area contributed by atoms with Crippen LogP contribution in [0.1, 0.15) is 24.5 Å². The van der Waals surface area contributed by atoms with Crippen LogP contribution in [0.4, 0.5) is 4.39 Å². The zero-order valence-corrected chi connectivity index (χ0v) is 15.0. The lowest BCUT2D eigenvalue weighted by Gasteiger charge is -2.32. The highest BCUT2D eigenvalue weighted by Crippen LogP contribution is 2.33. The van der Waals surface area contributed by atoms with Gasteiger partial charge in [0.25, 0.3) is 0 Å². The van der Waals surface area contributed by atoms with Gasteiger partial charge in [0.1, 0.15) is 5.82 Å². The molecule has 1 fully saturated rings. The summed E-state index contributed by atoms with van der Waals surface area (Å²) in [5.74, 6) is 0.0826. The lowest BCUT2D eigenvalue weighted by molar-refractivity contribution is 0.232. The van der Waals surface area contributed by atoms with E-state index < -0.39 is 0 Å². The quantitative estimate of drug-likeness (QED) is 0.709. The van der Waals surface area contributed by atoms with E-state index in [-0.39, 0.29) is 5.82 Å². The molecule has 2 heterocycles. The van der Waals surface area contributed by atoms with Gasteiger partial charge in [-0.15, -0.1) is 0 Å². The van der Waals surface area contributed by atoms with Crippen molar-refractivity contribution < 1.29 is 8.91 Å². The zero-order chi connectivity index (χ0) is 17.7. The van der Waals surface area contributed by atoms with Crippen molar-refractivity contribution in [3.63, 3.8) is 0 Å². The molecule has 0 radical (unpaired) electrons. The SMILES string of the molecule is Fc1ccc2c(C3CCN(CC4=c5cccc(Cl)c5=C4)CC3)noc2c1. The number of rotatable bonds is 3. The average molecular weight is 369 g/mol. The summed E-state index contributed by atoms with van der Waals surface area (Å²) in [6.45, 7) is 3.01. The lowest BCUT2D eigenvalue weighted by Crippen LogP contribution is -2.41. The van der Waals surface area contributed by atoms with Crippen LogP contribution in [0.2, 0.25) is 5.02 Å². The van der Waals surface area contributed by atoms with Gasteiger partial charge in [0.15, 0.2) is 5.58 Å². The summed E-state index contributed by atoms with van der Waals surface area (Å²) < 4.78 is 18.6. The van der Waals surface area contributed by atoms with E-state index in [1.807, 2.05) is 12.1 Å². The van der Waals surface area contributed by atoms with E-state index in [1.165, 1.54) is 28.1 Å². The fourth-order valence-corrected chi connectivity index (χ4v) is 4.33. The summed E-state index contributed by atoms with van der Waals surface area (Å²) in [6.07, 6.45) is 4.27. The Hall–Kier alpha value is -2.17. The molecule has 0 N–H and O–H groups in total. The monoisotopic (exact) mass is 368 g/mol. The fourth-order valence-electron chi connectivity index (χ4n) is 4.10. The van der Waals surface area contributed by atoms with Crippen molar-refractivity contribution in [1.82, 2.24) is 10.1 Å². The van der Waals surface area contributed by atoms with Gasteiger partial charge in [-0.25, -0.2) is 4.39 Å². The molecule has 0 unspecified atom stereocenters. The average Bonchev–Trinajstić information content (AvgIpc) is 3.04. The minimum absolute atomic E-state index is 0.288. The van der Waals surface area contributed by atoms with Crippen LogP contribution >= 0.6 is 11.6 Å². The van der Waals surface area contributed by atoms with Crippen LogP contribution in [0.5, 0.6) is 0 Å². The molecule has 0 amide bonds. The Balaban J connectivity index is 1.29. The van der Waals surface area contributed by atoms with Gasteiger partial charge < -0.3 is 4.52 Å². The maximum Gasteiger partial charge on any atom is 0.170 e. The number of fused-ring (bicyclic) bond motifs is 2. The Kier molecular flexibility index (Phi) is 3.84. The molecule has 0 spiro atoms. The van der Waals surface area contributed by atoms with Crippen LogP contribution in [-0.4, -0.2) is 29.7 Å². The number of halogens is 2. The van der Waals surface area contributed by atoms with Crippen LogP contribution in [0.3, 0.4) is 0 Å². The van der Waals surface area contributed by atoms with Crippen LogP contribution in [0.25, 0.3) is 22.6 Å². The van der Waals surface area contributed by atoms with Gasteiger partial charge >= 0.3 is 0 Å². The third-order valence-corrected chi connectivity index (χ3v) is 5.88. The number of hydrogen-bond acceptors (Lipinski definition) is 3. The first-order valence-corrected chi connectivity index (χ1v) is 9.33. The van der Waals surface area contributed by atoms with E-state index in [0.717, 1.165) is 48.6 Å². The summed E-state index contributed by atoms with van der Waals surface area (Å²) in [7, 11) is 0. The number of nitrogens with zero attached hydrogens (tertiary/aromatic N) is 2. The summed E-state index contributed by atoms with van der Waals surface area (Å²) in [5, 5.41) is 8.45. The smallest absolute Gasteiger partial charge is 0.170 e. The predicted molar refractivity (Wildman–Crippen MR) is 101 cm³/mol. The van der Waals surface area contributed by atoms with Crippen molar-refractivity contribution in [1.29, 1.82) is 0 Å². The van der Waals surface area contributed by atoms with Gasteiger partial charge in [0, 0.05) is 34.2 Å². The molecule has 0 saturated carbocycles. The molecule has 132 valence electrons. The van der Waals surface area contributed by atoms with E-state index in [1.54, 1.807) is 6.07 Å². The van der Waals surface area contributed by atoms with Gasteiger partial charge in [0.2, 0.25) is 0 Å². The van der Waals surface area contributed by atoms with Crippen LogP contribution < -0.4 is 10.4 Å². The molecule has 2 aromatic carbocycles. The van der Waals surface area contributed by atoms with Crippen molar-refractivity contribution >= 4 is 34.2 Å². The molecule has 3 aromatic rings. The highest BCUT2D eigenvalue weighted by Gasteiger charge is 2.26. The van der Waals surface area contributed by atoms with E-state index >= 15 is 0 Å². The van der Waals surface area contributed by atoms with Gasteiger partial charge in [-0.05, 0) is 61.0 Å². The summed E-state index contributed by atoms with van der Waals surface area (Å²) >= 11 is 6.21. The van der Waals surface area contributed by atoms with Crippen molar-refractivity contribution in [2.75, 3.05) is 19.6 Å². The Bertz CT molecular complexity index is 1110. The van der Waals surface area contributed by atoms with Crippen molar-refractivity contribution in [2.45, 2.75) is 18.8 Å². The summed E-state index contributed by atoms with van der Waals surface area (Å²) in [4.78, 5) is 2.48. The molecule has 2 aliphatic rings. The van der Waals surface area contributed by atoms with Crippen LogP contribution in [0.15, 0.2) is 40.9 Å². The molecule has 1 aromatic heterocycles. The molecule has 5 heteroatoms. The molecule has 1 aliphatic carbocycles. The third kappa shape index (κ3) is 2.65. The molecule has 5 rings (SSSR count). The molecule has 1 aliphatic heterocycles. The number of aromatic nitrogens is 1. The Labute approximate surface area is 155 Å². The number of piperidine rings is 1.